The zero-order chi connectivity index (χ0) is 9.61. The fourth-order valence-corrected chi connectivity index (χ4v) is 1.88. The molecule has 74 valence electrons. The molecule has 0 rings (SSSR count). The van der Waals surface area contributed by atoms with Crippen molar-refractivity contribution in [2.24, 2.45) is 0 Å². The van der Waals surface area contributed by atoms with Gasteiger partial charge in [-0.2, -0.15) is 11.8 Å². The van der Waals surface area contributed by atoms with Gasteiger partial charge in [-0.1, -0.05) is 13.8 Å². The Morgan fingerprint density at radius 3 is 2.42 bits per heavy atom. The molecule has 2 nitrogen and oxygen atoms in total. The summed E-state index contributed by atoms with van der Waals surface area (Å²) in [7, 11) is 0. The van der Waals surface area contributed by atoms with Crippen LogP contribution in [0.2, 0.25) is 0 Å². The third kappa shape index (κ3) is 5.01. The maximum Gasteiger partial charge on any atom is 0.0610 e. The van der Waals surface area contributed by atoms with Gasteiger partial charge in [0.1, 0.15) is 0 Å². The van der Waals surface area contributed by atoms with E-state index in [9.17, 15) is 5.11 Å². The molecule has 1 unspecified atom stereocenters. The summed E-state index contributed by atoms with van der Waals surface area (Å²) in [4.78, 5) is 0. The van der Waals surface area contributed by atoms with Crippen molar-refractivity contribution in [3.05, 3.63) is 0 Å². The number of nitrogens with one attached hydrogen (secondary N) is 1. The first-order valence-electron chi connectivity index (χ1n) is 4.41. The quantitative estimate of drug-likeness (QED) is 0.667. The zero-order valence-electron chi connectivity index (χ0n) is 8.55. The highest BCUT2D eigenvalue weighted by atomic mass is 32.2. The van der Waals surface area contributed by atoms with Crippen molar-refractivity contribution >= 4 is 11.8 Å². The molecule has 0 aliphatic heterocycles. The van der Waals surface area contributed by atoms with Crippen molar-refractivity contribution in [3.8, 4) is 0 Å². The van der Waals surface area contributed by atoms with E-state index >= 15 is 0 Å². The summed E-state index contributed by atoms with van der Waals surface area (Å²) in [6.45, 7) is 6.49. The Morgan fingerprint density at radius 1 is 1.50 bits per heavy atom. The Morgan fingerprint density at radius 2 is 2.08 bits per heavy atom. The van der Waals surface area contributed by atoms with E-state index in [1.807, 2.05) is 11.8 Å². The monoisotopic (exact) mass is 191 g/mol. The average Bonchev–Trinajstić information content (AvgIpc) is 2.00. The molecular weight excluding hydrogens is 170 g/mol. The number of aliphatic hydroxyl groups excluding tert-OH is 1. The van der Waals surface area contributed by atoms with Crippen LogP contribution in [0.1, 0.15) is 27.2 Å². The van der Waals surface area contributed by atoms with Crippen LogP contribution >= 0.6 is 11.8 Å². The van der Waals surface area contributed by atoms with Gasteiger partial charge in [0, 0.05) is 11.6 Å². The normalized spacial score (nSPS) is 16.5. The van der Waals surface area contributed by atoms with Crippen molar-refractivity contribution in [1.82, 2.24) is 5.32 Å². The van der Waals surface area contributed by atoms with E-state index < -0.39 is 0 Å². The standard InChI is InChI=1S/C9H21NOS/c1-8(2)10-9(3,7-11)5-6-12-4/h8,10-11H,5-7H2,1-4H3. The summed E-state index contributed by atoms with van der Waals surface area (Å²) < 4.78 is 0. The lowest BCUT2D eigenvalue weighted by molar-refractivity contribution is 0.162. The summed E-state index contributed by atoms with van der Waals surface area (Å²) >= 11 is 1.82. The van der Waals surface area contributed by atoms with E-state index in [4.69, 9.17) is 0 Å². The molecule has 0 amide bonds. The molecule has 0 radical (unpaired) electrons. The lowest BCUT2D eigenvalue weighted by atomic mass is 9.99. The van der Waals surface area contributed by atoms with Crippen molar-refractivity contribution in [3.63, 3.8) is 0 Å². The average molecular weight is 191 g/mol. The summed E-state index contributed by atoms with van der Waals surface area (Å²) in [5, 5.41) is 12.6. The van der Waals surface area contributed by atoms with E-state index in [1.54, 1.807) is 0 Å². The highest BCUT2D eigenvalue weighted by Gasteiger charge is 2.22. The maximum absolute atomic E-state index is 9.19. The molecule has 0 fully saturated rings. The van der Waals surface area contributed by atoms with Crippen LogP contribution in [0.5, 0.6) is 0 Å². The highest BCUT2D eigenvalue weighted by molar-refractivity contribution is 7.98. The zero-order valence-corrected chi connectivity index (χ0v) is 9.37. The van der Waals surface area contributed by atoms with Gasteiger partial charge in [-0.15, -0.1) is 0 Å². The number of hydrogen-bond donors (Lipinski definition) is 2. The van der Waals surface area contributed by atoms with Crippen LogP contribution in [0.25, 0.3) is 0 Å². The molecule has 0 bridgehead atoms. The van der Waals surface area contributed by atoms with Crippen molar-refractivity contribution in [2.75, 3.05) is 18.6 Å². The van der Waals surface area contributed by atoms with E-state index in [1.165, 1.54) is 0 Å². The molecule has 1 atom stereocenters. The minimum Gasteiger partial charge on any atom is -0.394 e. The summed E-state index contributed by atoms with van der Waals surface area (Å²) in [5.41, 5.74) is -0.100. The third-order valence-electron chi connectivity index (χ3n) is 1.84. The predicted octanol–water partition coefficient (Wildman–Crippen LogP) is 1.49. The molecule has 2 N–H and O–H groups in total. The lowest BCUT2D eigenvalue weighted by Crippen LogP contribution is -2.49. The number of hydrogen-bond acceptors (Lipinski definition) is 3. The molecule has 0 saturated heterocycles. The summed E-state index contributed by atoms with van der Waals surface area (Å²) in [5.74, 6) is 1.09. The minimum absolute atomic E-state index is 0.100. The fraction of sp³-hybridized carbons (Fsp3) is 1.00. The smallest absolute Gasteiger partial charge is 0.0610 e. The van der Waals surface area contributed by atoms with Gasteiger partial charge in [0.05, 0.1) is 6.61 Å². The SMILES string of the molecule is CSCCC(C)(CO)NC(C)C. The molecule has 0 aliphatic carbocycles. The number of thioether (sulfide) groups is 1. The van der Waals surface area contributed by atoms with Crippen LogP contribution in [0.3, 0.4) is 0 Å². The van der Waals surface area contributed by atoms with E-state index in [-0.39, 0.29) is 12.1 Å². The van der Waals surface area contributed by atoms with Crippen LogP contribution in [-0.2, 0) is 0 Å². The summed E-state index contributed by atoms with van der Waals surface area (Å²) in [6.07, 6.45) is 3.11. The van der Waals surface area contributed by atoms with Gasteiger partial charge in [0.25, 0.3) is 0 Å². The van der Waals surface area contributed by atoms with Gasteiger partial charge >= 0.3 is 0 Å². The molecule has 0 heterocycles. The molecule has 0 spiro atoms. The Bertz CT molecular complexity index is 119. The molecule has 0 aromatic rings. The topological polar surface area (TPSA) is 32.3 Å². The second kappa shape index (κ2) is 5.84. The Balaban J connectivity index is 3.86. The largest absolute Gasteiger partial charge is 0.394 e. The Labute approximate surface area is 80.1 Å². The van der Waals surface area contributed by atoms with Gasteiger partial charge < -0.3 is 10.4 Å². The second-order valence-electron chi connectivity index (χ2n) is 3.76. The molecule has 0 aromatic heterocycles. The van der Waals surface area contributed by atoms with Gasteiger partial charge in [-0.25, -0.2) is 0 Å². The van der Waals surface area contributed by atoms with Crippen molar-refractivity contribution in [1.29, 1.82) is 0 Å². The lowest BCUT2D eigenvalue weighted by Gasteiger charge is -2.30. The predicted molar refractivity (Wildman–Crippen MR) is 56.8 cm³/mol. The van der Waals surface area contributed by atoms with Crippen LogP contribution in [0.15, 0.2) is 0 Å². The van der Waals surface area contributed by atoms with E-state index in [0.717, 1.165) is 12.2 Å². The van der Waals surface area contributed by atoms with Gasteiger partial charge in [0.15, 0.2) is 0 Å². The molecule has 0 aliphatic rings. The van der Waals surface area contributed by atoms with Crippen molar-refractivity contribution < 1.29 is 5.11 Å². The second-order valence-corrected chi connectivity index (χ2v) is 4.75. The van der Waals surface area contributed by atoms with Gasteiger partial charge in [-0.3, -0.25) is 0 Å². The summed E-state index contributed by atoms with van der Waals surface area (Å²) in [6, 6.07) is 0.434. The van der Waals surface area contributed by atoms with Gasteiger partial charge in [-0.05, 0) is 25.4 Å². The van der Waals surface area contributed by atoms with E-state index in [2.05, 4.69) is 32.3 Å². The van der Waals surface area contributed by atoms with Gasteiger partial charge in [0.2, 0.25) is 0 Å². The first-order valence-corrected chi connectivity index (χ1v) is 5.81. The molecular formula is C9H21NOS. The minimum atomic E-state index is -0.100. The van der Waals surface area contributed by atoms with Crippen LogP contribution in [-0.4, -0.2) is 35.3 Å². The fourth-order valence-electron chi connectivity index (χ4n) is 1.22. The Kier molecular flexibility index (Phi) is 5.97. The van der Waals surface area contributed by atoms with E-state index in [0.29, 0.717) is 6.04 Å². The van der Waals surface area contributed by atoms with Crippen LogP contribution < -0.4 is 5.32 Å². The van der Waals surface area contributed by atoms with Crippen LogP contribution in [0, 0.1) is 0 Å². The number of aliphatic hydroxyl groups is 1. The number of rotatable bonds is 6. The molecule has 0 saturated carbocycles. The maximum atomic E-state index is 9.19. The first-order chi connectivity index (χ1) is 5.54. The first kappa shape index (κ1) is 12.3. The molecule has 12 heavy (non-hydrogen) atoms. The third-order valence-corrected chi connectivity index (χ3v) is 2.46. The molecule has 3 heteroatoms. The van der Waals surface area contributed by atoms with Crippen LogP contribution in [0.4, 0.5) is 0 Å². The molecule has 0 aromatic carbocycles. The van der Waals surface area contributed by atoms with Crippen molar-refractivity contribution in [2.45, 2.75) is 38.8 Å². The highest BCUT2D eigenvalue weighted by Crippen LogP contribution is 2.12. The Hall–Kier alpha value is 0.270.